The molecule has 0 aliphatic heterocycles. The van der Waals surface area contributed by atoms with Crippen LogP contribution in [0.2, 0.25) is 0 Å². The molecule has 1 heterocycles. The standard InChI is InChI=1S/C16H16BrNO5/c17-11-3-1-4-12(9-11)22-10-13-6-7-14(23-13)16(21)18-8-2-5-15(19)20/h1,3-4,6-7,9H,2,5,8,10H2,(H,18,21)(H,19,20). The van der Waals surface area contributed by atoms with Gasteiger partial charge in [-0.25, -0.2) is 0 Å². The number of aliphatic carboxylic acids is 1. The molecule has 0 spiro atoms. The second-order valence-electron chi connectivity index (χ2n) is 4.77. The Labute approximate surface area is 141 Å². The van der Waals surface area contributed by atoms with Crippen molar-refractivity contribution >= 4 is 27.8 Å². The number of nitrogens with one attached hydrogen (secondary N) is 1. The predicted molar refractivity (Wildman–Crippen MR) is 86.4 cm³/mol. The Morgan fingerprint density at radius 3 is 2.83 bits per heavy atom. The zero-order valence-corrected chi connectivity index (χ0v) is 13.8. The van der Waals surface area contributed by atoms with E-state index in [-0.39, 0.29) is 31.2 Å². The largest absolute Gasteiger partial charge is 0.486 e. The van der Waals surface area contributed by atoms with Crippen LogP contribution in [0.5, 0.6) is 5.75 Å². The minimum atomic E-state index is -0.885. The lowest BCUT2D eigenvalue weighted by molar-refractivity contribution is -0.137. The van der Waals surface area contributed by atoms with Gasteiger partial charge in [-0.2, -0.15) is 0 Å². The predicted octanol–water partition coefficient (Wildman–Crippen LogP) is 3.22. The van der Waals surface area contributed by atoms with Crippen LogP contribution in [0.4, 0.5) is 0 Å². The molecular formula is C16H16BrNO5. The fourth-order valence-corrected chi connectivity index (χ4v) is 2.20. The van der Waals surface area contributed by atoms with E-state index in [0.29, 0.717) is 17.9 Å². The average molecular weight is 382 g/mol. The van der Waals surface area contributed by atoms with Gasteiger partial charge in [0.15, 0.2) is 5.76 Å². The molecule has 2 rings (SSSR count). The smallest absolute Gasteiger partial charge is 0.303 e. The molecule has 122 valence electrons. The number of benzene rings is 1. The van der Waals surface area contributed by atoms with Gasteiger partial charge in [0.2, 0.25) is 0 Å². The summed E-state index contributed by atoms with van der Waals surface area (Å²) in [5, 5.41) is 11.1. The monoisotopic (exact) mass is 381 g/mol. The number of ether oxygens (including phenoxy) is 1. The van der Waals surface area contributed by atoms with Gasteiger partial charge in [-0.3, -0.25) is 9.59 Å². The molecule has 0 saturated heterocycles. The normalized spacial score (nSPS) is 10.3. The number of rotatable bonds is 8. The number of halogens is 1. The second-order valence-corrected chi connectivity index (χ2v) is 5.68. The first-order chi connectivity index (χ1) is 11.0. The summed E-state index contributed by atoms with van der Waals surface area (Å²) >= 11 is 3.36. The van der Waals surface area contributed by atoms with Crippen LogP contribution in [0.25, 0.3) is 0 Å². The quantitative estimate of drug-likeness (QED) is 0.685. The number of carbonyl (C=O) groups is 2. The summed E-state index contributed by atoms with van der Waals surface area (Å²) in [6.45, 7) is 0.498. The van der Waals surface area contributed by atoms with Gasteiger partial charge in [0.1, 0.15) is 18.1 Å². The third-order valence-corrected chi connectivity index (χ3v) is 3.41. The molecular weight excluding hydrogens is 366 g/mol. The number of hydrogen-bond acceptors (Lipinski definition) is 4. The van der Waals surface area contributed by atoms with Crippen LogP contribution < -0.4 is 10.1 Å². The van der Waals surface area contributed by atoms with Crippen LogP contribution in [0, 0.1) is 0 Å². The van der Waals surface area contributed by atoms with E-state index in [1.54, 1.807) is 12.1 Å². The van der Waals surface area contributed by atoms with Crippen LogP contribution >= 0.6 is 15.9 Å². The third kappa shape index (κ3) is 5.78. The summed E-state index contributed by atoms with van der Waals surface area (Å²) in [5.41, 5.74) is 0. The number of carbonyl (C=O) groups excluding carboxylic acids is 1. The summed E-state index contributed by atoms with van der Waals surface area (Å²) < 4.78 is 11.9. The van der Waals surface area contributed by atoms with E-state index >= 15 is 0 Å². The fourth-order valence-electron chi connectivity index (χ4n) is 1.82. The lowest BCUT2D eigenvalue weighted by Gasteiger charge is -2.04. The van der Waals surface area contributed by atoms with Crippen LogP contribution in [-0.4, -0.2) is 23.5 Å². The SMILES string of the molecule is O=C(O)CCCNC(=O)c1ccc(COc2cccc(Br)c2)o1. The maximum Gasteiger partial charge on any atom is 0.303 e. The molecule has 2 aromatic rings. The van der Waals surface area contributed by atoms with Gasteiger partial charge >= 0.3 is 5.97 Å². The number of carboxylic acids is 1. The van der Waals surface area contributed by atoms with Crippen molar-refractivity contribution in [1.82, 2.24) is 5.32 Å². The molecule has 7 heteroatoms. The third-order valence-electron chi connectivity index (χ3n) is 2.92. The highest BCUT2D eigenvalue weighted by Gasteiger charge is 2.11. The number of carboxylic acid groups (broad SMARTS) is 1. The van der Waals surface area contributed by atoms with Crippen molar-refractivity contribution in [3.05, 3.63) is 52.4 Å². The molecule has 6 nitrogen and oxygen atoms in total. The van der Waals surface area contributed by atoms with Gasteiger partial charge in [-0.1, -0.05) is 22.0 Å². The molecule has 0 aliphatic rings. The number of hydrogen-bond donors (Lipinski definition) is 2. The van der Waals surface area contributed by atoms with Crippen molar-refractivity contribution in [2.75, 3.05) is 6.54 Å². The van der Waals surface area contributed by atoms with Gasteiger partial charge in [-0.15, -0.1) is 0 Å². The van der Waals surface area contributed by atoms with Gasteiger partial charge in [-0.05, 0) is 36.8 Å². The Hall–Kier alpha value is -2.28. The highest BCUT2D eigenvalue weighted by Crippen LogP contribution is 2.19. The van der Waals surface area contributed by atoms with E-state index in [0.717, 1.165) is 4.47 Å². The maximum atomic E-state index is 11.8. The lowest BCUT2D eigenvalue weighted by Crippen LogP contribution is -2.24. The molecule has 2 N–H and O–H groups in total. The fraction of sp³-hybridized carbons (Fsp3) is 0.250. The molecule has 0 unspecified atom stereocenters. The Morgan fingerprint density at radius 1 is 1.26 bits per heavy atom. The van der Waals surface area contributed by atoms with E-state index in [4.69, 9.17) is 14.3 Å². The zero-order valence-electron chi connectivity index (χ0n) is 12.3. The molecule has 1 aromatic carbocycles. The van der Waals surface area contributed by atoms with E-state index in [1.165, 1.54) is 0 Å². The molecule has 1 amide bonds. The van der Waals surface area contributed by atoms with Gasteiger partial charge in [0, 0.05) is 17.4 Å². The van der Waals surface area contributed by atoms with E-state index in [1.807, 2.05) is 24.3 Å². The van der Waals surface area contributed by atoms with Gasteiger partial charge < -0.3 is 19.6 Å². The van der Waals surface area contributed by atoms with Crippen molar-refractivity contribution in [3.8, 4) is 5.75 Å². The van der Waals surface area contributed by atoms with Gasteiger partial charge in [0.05, 0.1) is 0 Å². The topological polar surface area (TPSA) is 88.8 Å². The summed E-state index contributed by atoms with van der Waals surface area (Å²) in [6, 6.07) is 10.6. The van der Waals surface area contributed by atoms with Crippen LogP contribution in [0.3, 0.4) is 0 Å². The van der Waals surface area contributed by atoms with Crippen molar-refractivity contribution in [1.29, 1.82) is 0 Å². The highest BCUT2D eigenvalue weighted by molar-refractivity contribution is 9.10. The molecule has 23 heavy (non-hydrogen) atoms. The molecule has 0 aliphatic carbocycles. The molecule has 0 saturated carbocycles. The molecule has 1 aromatic heterocycles. The number of amides is 1. The van der Waals surface area contributed by atoms with E-state index in [9.17, 15) is 9.59 Å². The Kier molecular flexibility index (Phi) is 6.22. The Balaban J connectivity index is 1.80. The molecule has 0 bridgehead atoms. The van der Waals surface area contributed by atoms with Crippen molar-refractivity contribution in [2.24, 2.45) is 0 Å². The van der Waals surface area contributed by atoms with Crippen LogP contribution in [0.15, 0.2) is 45.3 Å². The Morgan fingerprint density at radius 2 is 2.09 bits per heavy atom. The lowest BCUT2D eigenvalue weighted by atomic mass is 10.3. The summed E-state index contributed by atoms with van der Waals surface area (Å²) in [6.07, 6.45) is 0.394. The minimum Gasteiger partial charge on any atom is -0.486 e. The molecule has 0 radical (unpaired) electrons. The van der Waals surface area contributed by atoms with E-state index < -0.39 is 5.97 Å². The van der Waals surface area contributed by atoms with Crippen molar-refractivity contribution < 1.29 is 23.8 Å². The highest BCUT2D eigenvalue weighted by atomic mass is 79.9. The van der Waals surface area contributed by atoms with Crippen molar-refractivity contribution in [2.45, 2.75) is 19.4 Å². The first-order valence-electron chi connectivity index (χ1n) is 7.01. The Bertz CT molecular complexity index is 683. The van der Waals surface area contributed by atoms with E-state index in [2.05, 4.69) is 21.2 Å². The van der Waals surface area contributed by atoms with Gasteiger partial charge in [0.25, 0.3) is 5.91 Å². The summed E-state index contributed by atoms with van der Waals surface area (Å²) in [7, 11) is 0. The van der Waals surface area contributed by atoms with Crippen LogP contribution in [0.1, 0.15) is 29.2 Å². The molecule has 0 atom stereocenters. The molecule has 0 fully saturated rings. The zero-order chi connectivity index (χ0) is 16.7. The maximum absolute atomic E-state index is 11.8. The van der Waals surface area contributed by atoms with Crippen LogP contribution in [-0.2, 0) is 11.4 Å². The second kappa shape index (κ2) is 8.38. The summed E-state index contributed by atoms with van der Waals surface area (Å²) in [5.74, 6) is 0.137. The average Bonchev–Trinajstić information content (AvgIpc) is 2.98. The van der Waals surface area contributed by atoms with Crippen molar-refractivity contribution in [3.63, 3.8) is 0 Å². The first kappa shape index (κ1) is 17.1. The summed E-state index contributed by atoms with van der Waals surface area (Å²) in [4.78, 5) is 22.2. The minimum absolute atomic E-state index is 0.0180. The first-order valence-corrected chi connectivity index (χ1v) is 7.81. The number of furan rings is 1.